The second-order valence-corrected chi connectivity index (χ2v) is 10.4. The standard InChI is InChI=1S/C28H23ClN2O2S/c29-22-14-6-5-13-21(22)25-16-24-26(34-25)27(32)31(28(33)30(24)17-18-8-1-2-9-18)23-15-7-11-19-10-3-4-12-20(19)23/h3-7,10-16,18H,1-2,8-9,17H2. The third kappa shape index (κ3) is 3.51. The van der Waals surface area contributed by atoms with Gasteiger partial charge in [0.05, 0.1) is 11.2 Å². The van der Waals surface area contributed by atoms with E-state index in [0.29, 0.717) is 33.4 Å². The third-order valence-corrected chi connectivity index (χ3v) is 8.36. The van der Waals surface area contributed by atoms with E-state index >= 15 is 0 Å². The van der Waals surface area contributed by atoms with Crippen LogP contribution in [0, 0.1) is 5.92 Å². The highest BCUT2D eigenvalue weighted by Gasteiger charge is 2.23. The number of benzene rings is 3. The molecule has 1 aliphatic carbocycles. The summed E-state index contributed by atoms with van der Waals surface area (Å²) >= 11 is 7.89. The van der Waals surface area contributed by atoms with E-state index in [2.05, 4.69) is 0 Å². The van der Waals surface area contributed by atoms with E-state index in [0.717, 1.165) is 34.1 Å². The van der Waals surface area contributed by atoms with Gasteiger partial charge in [-0.2, -0.15) is 0 Å². The average molecular weight is 487 g/mol. The topological polar surface area (TPSA) is 44.0 Å². The quantitative estimate of drug-likeness (QED) is 0.278. The number of hydrogen-bond acceptors (Lipinski definition) is 3. The Labute approximate surface area is 205 Å². The minimum Gasteiger partial charge on any atom is -0.292 e. The molecule has 4 nitrogen and oxygen atoms in total. The van der Waals surface area contributed by atoms with Crippen LogP contribution in [0.15, 0.2) is 82.4 Å². The summed E-state index contributed by atoms with van der Waals surface area (Å²) < 4.78 is 3.78. The van der Waals surface area contributed by atoms with Crippen LogP contribution in [0.1, 0.15) is 25.7 Å². The van der Waals surface area contributed by atoms with Crippen LogP contribution in [0.5, 0.6) is 0 Å². The van der Waals surface area contributed by atoms with Crippen molar-refractivity contribution >= 4 is 43.9 Å². The molecule has 0 N–H and O–H groups in total. The second kappa shape index (κ2) is 8.57. The van der Waals surface area contributed by atoms with E-state index in [-0.39, 0.29) is 11.2 Å². The van der Waals surface area contributed by atoms with Crippen molar-refractivity contribution in [3.63, 3.8) is 0 Å². The molecule has 1 saturated carbocycles. The summed E-state index contributed by atoms with van der Waals surface area (Å²) in [6, 6.07) is 23.2. The molecule has 5 aromatic rings. The summed E-state index contributed by atoms with van der Waals surface area (Å²) in [5.74, 6) is 0.447. The first-order chi connectivity index (χ1) is 16.6. The number of aromatic nitrogens is 2. The number of halogens is 1. The maximum absolute atomic E-state index is 14.0. The zero-order valence-corrected chi connectivity index (χ0v) is 20.1. The van der Waals surface area contributed by atoms with Gasteiger partial charge in [0, 0.05) is 27.4 Å². The second-order valence-electron chi connectivity index (χ2n) is 8.99. The molecule has 1 fully saturated rings. The van der Waals surface area contributed by atoms with Gasteiger partial charge >= 0.3 is 5.69 Å². The van der Waals surface area contributed by atoms with Crippen molar-refractivity contribution < 1.29 is 0 Å². The molecule has 0 atom stereocenters. The van der Waals surface area contributed by atoms with Gasteiger partial charge in [-0.1, -0.05) is 79.0 Å². The zero-order valence-electron chi connectivity index (χ0n) is 18.5. The van der Waals surface area contributed by atoms with Gasteiger partial charge < -0.3 is 0 Å². The summed E-state index contributed by atoms with van der Waals surface area (Å²) in [7, 11) is 0. The maximum atomic E-state index is 14.0. The number of thiophene rings is 1. The predicted octanol–water partition coefficient (Wildman–Crippen LogP) is 6.88. The minimum atomic E-state index is -0.276. The Morgan fingerprint density at radius 3 is 2.47 bits per heavy atom. The van der Waals surface area contributed by atoms with Crippen molar-refractivity contribution in [1.29, 1.82) is 0 Å². The van der Waals surface area contributed by atoms with E-state index in [4.69, 9.17) is 11.6 Å². The van der Waals surface area contributed by atoms with Crippen LogP contribution >= 0.6 is 22.9 Å². The number of nitrogens with zero attached hydrogens (tertiary/aromatic N) is 2. The van der Waals surface area contributed by atoms with Crippen LogP contribution in [0.25, 0.3) is 37.1 Å². The molecule has 0 unspecified atom stereocenters. The van der Waals surface area contributed by atoms with Crippen LogP contribution in [0.2, 0.25) is 5.02 Å². The monoisotopic (exact) mass is 486 g/mol. The lowest BCUT2D eigenvalue weighted by Gasteiger charge is -2.16. The molecule has 34 heavy (non-hydrogen) atoms. The van der Waals surface area contributed by atoms with Crippen molar-refractivity contribution in [2.75, 3.05) is 0 Å². The number of rotatable bonds is 4. The SMILES string of the molecule is O=c1c2sc(-c3ccccc3Cl)cc2n(CC2CCCC2)c(=O)n1-c1cccc2ccccc12. The summed E-state index contributed by atoms with van der Waals surface area (Å²) in [4.78, 5) is 28.7. The minimum absolute atomic E-state index is 0.274. The zero-order chi connectivity index (χ0) is 23.2. The highest BCUT2D eigenvalue weighted by atomic mass is 35.5. The van der Waals surface area contributed by atoms with E-state index in [1.165, 1.54) is 28.7 Å². The summed E-state index contributed by atoms with van der Waals surface area (Å²) in [5, 5.41) is 2.52. The first-order valence-corrected chi connectivity index (χ1v) is 12.8. The molecule has 0 amide bonds. The van der Waals surface area contributed by atoms with E-state index in [1.807, 2.05) is 77.4 Å². The van der Waals surface area contributed by atoms with Crippen LogP contribution < -0.4 is 11.2 Å². The molecule has 6 rings (SSSR count). The fraction of sp³-hybridized carbons (Fsp3) is 0.214. The fourth-order valence-corrected chi connectivity index (χ4v) is 6.61. The normalized spacial score (nSPS) is 14.4. The molecule has 0 bridgehead atoms. The van der Waals surface area contributed by atoms with Gasteiger partial charge in [0.2, 0.25) is 0 Å². The maximum Gasteiger partial charge on any atom is 0.336 e. The largest absolute Gasteiger partial charge is 0.336 e. The van der Waals surface area contributed by atoms with Gasteiger partial charge in [0.1, 0.15) is 4.70 Å². The van der Waals surface area contributed by atoms with Crippen molar-refractivity contribution in [2.45, 2.75) is 32.2 Å². The van der Waals surface area contributed by atoms with Crippen molar-refractivity contribution in [2.24, 2.45) is 5.92 Å². The molecule has 0 spiro atoms. The lowest BCUT2D eigenvalue weighted by molar-refractivity contribution is 0.449. The van der Waals surface area contributed by atoms with Crippen molar-refractivity contribution in [1.82, 2.24) is 9.13 Å². The summed E-state index contributed by atoms with van der Waals surface area (Å²) in [5.41, 5.74) is 1.66. The molecule has 2 heterocycles. The van der Waals surface area contributed by atoms with Gasteiger partial charge in [-0.25, -0.2) is 9.36 Å². The molecule has 170 valence electrons. The lowest BCUT2D eigenvalue weighted by atomic mass is 10.1. The van der Waals surface area contributed by atoms with E-state index in [1.54, 1.807) is 0 Å². The third-order valence-electron chi connectivity index (χ3n) is 6.89. The van der Waals surface area contributed by atoms with E-state index in [9.17, 15) is 9.59 Å². The van der Waals surface area contributed by atoms with Crippen LogP contribution in [0.4, 0.5) is 0 Å². The Kier molecular flexibility index (Phi) is 5.39. The smallest absolute Gasteiger partial charge is 0.292 e. The first-order valence-electron chi connectivity index (χ1n) is 11.6. The lowest BCUT2D eigenvalue weighted by Crippen LogP contribution is -2.39. The molecule has 0 radical (unpaired) electrons. The molecule has 1 aliphatic rings. The van der Waals surface area contributed by atoms with Gasteiger partial charge in [0.25, 0.3) is 5.56 Å². The van der Waals surface area contributed by atoms with Crippen LogP contribution in [-0.2, 0) is 6.54 Å². The fourth-order valence-electron chi connectivity index (χ4n) is 5.18. The van der Waals surface area contributed by atoms with Gasteiger partial charge in [0.15, 0.2) is 0 Å². The molecular weight excluding hydrogens is 464 g/mol. The van der Waals surface area contributed by atoms with Crippen LogP contribution in [0.3, 0.4) is 0 Å². The Hall–Kier alpha value is -3.15. The Balaban J connectivity index is 1.66. The number of fused-ring (bicyclic) bond motifs is 2. The molecule has 0 aliphatic heterocycles. The van der Waals surface area contributed by atoms with Crippen LogP contribution in [-0.4, -0.2) is 9.13 Å². The van der Waals surface area contributed by atoms with Crippen molar-refractivity contribution in [3.8, 4) is 16.1 Å². The molecule has 0 saturated heterocycles. The van der Waals surface area contributed by atoms with Gasteiger partial charge in [-0.15, -0.1) is 11.3 Å². The predicted molar refractivity (Wildman–Crippen MR) is 142 cm³/mol. The number of hydrogen-bond donors (Lipinski definition) is 0. The highest BCUT2D eigenvalue weighted by Crippen LogP contribution is 2.36. The average Bonchev–Trinajstić information content (AvgIpc) is 3.53. The van der Waals surface area contributed by atoms with Gasteiger partial charge in [-0.05, 0) is 42.3 Å². The van der Waals surface area contributed by atoms with E-state index < -0.39 is 0 Å². The molecule has 2 aromatic heterocycles. The van der Waals surface area contributed by atoms with Gasteiger partial charge in [-0.3, -0.25) is 9.36 Å². The summed E-state index contributed by atoms with van der Waals surface area (Å²) in [6.07, 6.45) is 4.62. The Bertz CT molecular complexity index is 1650. The Morgan fingerprint density at radius 1 is 0.912 bits per heavy atom. The van der Waals surface area contributed by atoms with Crippen molar-refractivity contribution in [3.05, 3.63) is 98.7 Å². The molecular formula is C28H23ClN2O2S. The Morgan fingerprint density at radius 2 is 1.65 bits per heavy atom. The molecule has 3 aromatic carbocycles. The highest BCUT2D eigenvalue weighted by molar-refractivity contribution is 7.22. The summed E-state index contributed by atoms with van der Waals surface area (Å²) in [6.45, 7) is 0.624. The first kappa shape index (κ1) is 21.4. The molecule has 6 heteroatoms.